The second kappa shape index (κ2) is 9.41. The van der Waals surface area contributed by atoms with Gasteiger partial charge in [-0.1, -0.05) is 0 Å². The predicted molar refractivity (Wildman–Crippen MR) is 127 cm³/mol. The lowest BCUT2D eigenvalue weighted by molar-refractivity contribution is 0.0981. The van der Waals surface area contributed by atoms with E-state index < -0.39 is 15.9 Å². The van der Waals surface area contributed by atoms with Gasteiger partial charge in [0, 0.05) is 29.9 Å². The highest BCUT2D eigenvalue weighted by molar-refractivity contribution is 7.90. The van der Waals surface area contributed by atoms with E-state index in [2.05, 4.69) is 38.7 Å². The van der Waals surface area contributed by atoms with Crippen molar-refractivity contribution >= 4 is 21.7 Å². The number of pyridine rings is 2. The van der Waals surface area contributed by atoms with Gasteiger partial charge >= 0.3 is 0 Å². The molecule has 1 saturated heterocycles. The van der Waals surface area contributed by atoms with E-state index in [1.54, 1.807) is 24.4 Å². The van der Waals surface area contributed by atoms with Crippen LogP contribution in [0.2, 0.25) is 0 Å². The number of anilines is 1. The highest BCUT2D eigenvalue weighted by Gasteiger charge is 2.33. The van der Waals surface area contributed by atoms with Crippen LogP contribution in [0.4, 0.5) is 5.82 Å². The van der Waals surface area contributed by atoms with Crippen molar-refractivity contribution < 1.29 is 17.9 Å². The number of carbonyl (C=O) groups excluding carboxylic acids is 1. The molecule has 1 amide bonds. The SMILES string of the molecule is CC(C)Oc1ccc(-c2ccc(C(=O)NS(=O)(=O)c3ccn[nH]3)c(N3[C@H](C)CC[C@@H]3C)n2)cn1. The Balaban J connectivity index is 1.71. The lowest BCUT2D eigenvalue weighted by Crippen LogP contribution is -2.37. The summed E-state index contributed by atoms with van der Waals surface area (Å²) in [4.78, 5) is 24.3. The van der Waals surface area contributed by atoms with Gasteiger partial charge in [-0.25, -0.2) is 14.7 Å². The maximum atomic E-state index is 13.1. The summed E-state index contributed by atoms with van der Waals surface area (Å²) in [6.07, 6.45) is 4.88. The zero-order chi connectivity index (χ0) is 24.5. The zero-order valence-electron chi connectivity index (χ0n) is 19.5. The first-order valence-electron chi connectivity index (χ1n) is 11.1. The number of aromatic nitrogens is 4. The molecule has 3 aromatic heterocycles. The molecular formula is C23H28N6O4S. The molecule has 0 aromatic carbocycles. The summed E-state index contributed by atoms with van der Waals surface area (Å²) in [7, 11) is -4.10. The van der Waals surface area contributed by atoms with Gasteiger partial charge in [-0.3, -0.25) is 9.89 Å². The van der Waals surface area contributed by atoms with Gasteiger partial charge in [-0.2, -0.15) is 13.5 Å². The van der Waals surface area contributed by atoms with Crippen LogP contribution in [0.25, 0.3) is 11.3 Å². The lowest BCUT2D eigenvalue weighted by Gasteiger charge is -2.29. The molecule has 0 spiro atoms. The smallest absolute Gasteiger partial charge is 0.281 e. The van der Waals surface area contributed by atoms with E-state index >= 15 is 0 Å². The van der Waals surface area contributed by atoms with Crippen LogP contribution in [0.5, 0.6) is 5.88 Å². The summed E-state index contributed by atoms with van der Waals surface area (Å²) in [5.41, 5.74) is 1.56. The highest BCUT2D eigenvalue weighted by Crippen LogP contribution is 2.33. The summed E-state index contributed by atoms with van der Waals surface area (Å²) >= 11 is 0. The first-order chi connectivity index (χ1) is 16.2. The molecule has 0 saturated carbocycles. The summed E-state index contributed by atoms with van der Waals surface area (Å²) in [6.45, 7) is 8.00. The average Bonchev–Trinajstić information content (AvgIpc) is 3.44. The molecule has 34 heavy (non-hydrogen) atoms. The fraction of sp³-hybridized carbons (Fsp3) is 0.391. The number of aromatic amines is 1. The van der Waals surface area contributed by atoms with E-state index in [0.717, 1.165) is 18.4 Å². The predicted octanol–water partition coefficient (Wildman–Crippen LogP) is 3.15. The van der Waals surface area contributed by atoms with Crippen molar-refractivity contribution in [1.82, 2.24) is 24.9 Å². The van der Waals surface area contributed by atoms with Crippen LogP contribution in [-0.4, -0.2) is 52.7 Å². The van der Waals surface area contributed by atoms with E-state index in [9.17, 15) is 13.2 Å². The first-order valence-corrected chi connectivity index (χ1v) is 12.6. The summed E-state index contributed by atoms with van der Waals surface area (Å²) in [6, 6.07) is 8.49. The third-order valence-corrected chi connectivity index (χ3v) is 6.96. The van der Waals surface area contributed by atoms with Gasteiger partial charge in [0.05, 0.1) is 23.6 Å². The summed E-state index contributed by atoms with van der Waals surface area (Å²) in [5.74, 6) is 0.198. The van der Waals surface area contributed by atoms with Gasteiger partial charge in [-0.05, 0) is 64.8 Å². The number of nitrogens with zero attached hydrogens (tertiary/aromatic N) is 4. The molecule has 2 N–H and O–H groups in total. The molecule has 1 aliphatic rings. The number of sulfonamides is 1. The highest BCUT2D eigenvalue weighted by atomic mass is 32.2. The Morgan fingerprint density at radius 3 is 2.47 bits per heavy atom. The number of carbonyl (C=O) groups is 1. The maximum absolute atomic E-state index is 13.1. The Labute approximate surface area is 198 Å². The number of hydrogen-bond donors (Lipinski definition) is 2. The molecule has 0 bridgehead atoms. The maximum Gasteiger partial charge on any atom is 0.281 e. The quantitative estimate of drug-likeness (QED) is 0.523. The molecule has 3 aromatic rings. The van der Waals surface area contributed by atoms with Crippen LogP contribution in [0.3, 0.4) is 0 Å². The first kappa shape index (κ1) is 23.7. The zero-order valence-corrected chi connectivity index (χ0v) is 20.3. The van der Waals surface area contributed by atoms with Crippen LogP contribution in [0.1, 0.15) is 50.9 Å². The van der Waals surface area contributed by atoms with Crippen LogP contribution in [-0.2, 0) is 10.0 Å². The Morgan fingerprint density at radius 2 is 1.88 bits per heavy atom. The van der Waals surface area contributed by atoms with Crippen molar-refractivity contribution in [2.24, 2.45) is 0 Å². The average molecular weight is 485 g/mol. The molecule has 180 valence electrons. The number of ether oxygens (including phenoxy) is 1. The van der Waals surface area contributed by atoms with Crippen LogP contribution < -0.4 is 14.4 Å². The van der Waals surface area contributed by atoms with Crippen molar-refractivity contribution in [2.45, 2.75) is 63.8 Å². The minimum absolute atomic E-state index is 0.0112. The molecular weight excluding hydrogens is 456 g/mol. The Morgan fingerprint density at radius 1 is 1.15 bits per heavy atom. The fourth-order valence-electron chi connectivity index (χ4n) is 4.06. The lowest BCUT2D eigenvalue weighted by atomic mass is 10.1. The van der Waals surface area contributed by atoms with Gasteiger partial charge < -0.3 is 9.64 Å². The van der Waals surface area contributed by atoms with Gasteiger partial charge in [0.25, 0.3) is 15.9 Å². The third-order valence-electron chi connectivity index (χ3n) is 5.70. The molecule has 1 aliphatic heterocycles. The van der Waals surface area contributed by atoms with E-state index in [4.69, 9.17) is 9.72 Å². The number of amides is 1. The molecule has 2 atom stereocenters. The second-order valence-corrected chi connectivity index (χ2v) is 10.3. The molecule has 11 heteroatoms. The third kappa shape index (κ3) is 4.89. The van der Waals surface area contributed by atoms with Crippen LogP contribution >= 0.6 is 0 Å². The van der Waals surface area contributed by atoms with Crippen molar-refractivity contribution in [3.63, 3.8) is 0 Å². The Hall–Kier alpha value is -3.47. The number of rotatable bonds is 7. The molecule has 10 nitrogen and oxygen atoms in total. The molecule has 1 fully saturated rings. The number of hydrogen-bond acceptors (Lipinski definition) is 8. The van der Waals surface area contributed by atoms with Crippen molar-refractivity contribution in [2.75, 3.05) is 4.90 Å². The molecule has 0 aliphatic carbocycles. The van der Waals surface area contributed by atoms with Gasteiger partial charge in [-0.15, -0.1) is 0 Å². The molecule has 4 rings (SSSR count). The van der Waals surface area contributed by atoms with Crippen LogP contribution in [0, 0.1) is 0 Å². The minimum atomic E-state index is -4.10. The second-order valence-electron chi connectivity index (χ2n) is 8.66. The minimum Gasteiger partial charge on any atom is -0.475 e. The molecule has 4 heterocycles. The van der Waals surface area contributed by atoms with Gasteiger partial charge in [0.2, 0.25) is 5.88 Å². The van der Waals surface area contributed by atoms with Crippen molar-refractivity contribution in [3.8, 4) is 17.1 Å². The van der Waals surface area contributed by atoms with E-state index in [-0.39, 0.29) is 28.8 Å². The van der Waals surface area contributed by atoms with E-state index in [0.29, 0.717) is 17.4 Å². The Kier molecular flexibility index (Phi) is 6.56. The molecule has 0 unspecified atom stereocenters. The van der Waals surface area contributed by atoms with Gasteiger partial charge in [0.1, 0.15) is 5.82 Å². The summed E-state index contributed by atoms with van der Waals surface area (Å²) in [5, 5.41) is 5.82. The standard InChI is InChI=1S/C23H28N6O4S/c1-14(2)33-20-10-7-17(13-24-20)19-9-8-18(22(26-19)29-15(3)5-6-16(29)4)23(30)28-34(31,32)21-11-12-25-27-21/h7-16H,5-6H2,1-4H3,(H,25,27)(H,28,30)/t15-,16+. The van der Waals surface area contributed by atoms with E-state index in [1.807, 2.05) is 19.9 Å². The topological polar surface area (TPSA) is 130 Å². The van der Waals surface area contributed by atoms with Crippen molar-refractivity contribution in [1.29, 1.82) is 0 Å². The van der Waals surface area contributed by atoms with Crippen LogP contribution in [0.15, 0.2) is 47.8 Å². The van der Waals surface area contributed by atoms with Gasteiger partial charge in [0.15, 0.2) is 5.03 Å². The van der Waals surface area contributed by atoms with Crippen molar-refractivity contribution in [3.05, 3.63) is 48.3 Å². The summed E-state index contributed by atoms with van der Waals surface area (Å²) < 4.78 is 32.9. The largest absolute Gasteiger partial charge is 0.475 e. The number of nitrogens with one attached hydrogen (secondary N) is 2. The monoisotopic (exact) mass is 484 g/mol. The number of H-pyrrole nitrogens is 1. The van der Waals surface area contributed by atoms with E-state index in [1.165, 1.54) is 12.3 Å². The fourth-order valence-corrected chi connectivity index (χ4v) is 4.94. The molecule has 0 radical (unpaired) electrons. The normalized spacial score (nSPS) is 18.3. The Bertz CT molecular complexity index is 1250.